The molecule has 6 aliphatic heterocycles. The van der Waals surface area contributed by atoms with Gasteiger partial charge in [0.15, 0.2) is 28.8 Å². The van der Waals surface area contributed by atoms with E-state index in [1.165, 1.54) is 60.7 Å². The molecule has 0 aromatic heterocycles. The minimum atomic E-state index is -2.14. The van der Waals surface area contributed by atoms with Crippen molar-refractivity contribution in [2.24, 2.45) is 53.1 Å². The first-order valence-corrected chi connectivity index (χ1v) is 40.4. The Morgan fingerprint density at radius 2 is 1.27 bits per heavy atom. The van der Waals surface area contributed by atoms with Crippen LogP contribution in [-0.4, -0.2) is 149 Å². The maximum absolute atomic E-state index is 16.5. The van der Waals surface area contributed by atoms with Crippen molar-refractivity contribution in [3.8, 4) is 57.1 Å². The van der Waals surface area contributed by atoms with Crippen molar-refractivity contribution in [2.45, 2.75) is 229 Å². The summed E-state index contributed by atoms with van der Waals surface area (Å²) in [6, 6.07) is 6.87. The Labute approximate surface area is 665 Å². The Balaban J connectivity index is 1.04. The summed E-state index contributed by atoms with van der Waals surface area (Å²) in [6.45, 7) is 7.13. The summed E-state index contributed by atoms with van der Waals surface area (Å²) in [5.41, 5.74) is 4.53. The largest absolute Gasteiger partial charge is 0.507 e. The van der Waals surface area contributed by atoms with Crippen LogP contribution in [0.15, 0.2) is 72.8 Å². The third-order valence-electron chi connectivity index (χ3n) is 24.0. The summed E-state index contributed by atoms with van der Waals surface area (Å²) in [5.74, 6) is -14.8. The number of phenolic OH excluding ortho intramolecular Hbond substituents is 3. The number of phenols is 3. The smallest absolute Gasteiger partial charge is 0.246 e. The number of ketones is 3. The fraction of sp³-hybridized carbons (Fsp3) is 0.548. The summed E-state index contributed by atoms with van der Waals surface area (Å²) in [7, 11) is 0. The van der Waals surface area contributed by atoms with Gasteiger partial charge in [-0.2, -0.15) is 0 Å². The van der Waals surface area contributed by atoms with Gasteiger partial charge in [-0.15, -0.1) is 0 Å². The molecule has 16 N–H and O–H groups in total. The molecule has 29 heteroatoms. The predicted molar refractivity (Wildman–Crippen MR) is 413 cm³/mol. The van der Waals surface area contributed by atoms with E-state index in [9.17, 15) is 55.5 Å². The molecule has 15 rings (SSSR count). The van der Waals surface area contributed by atoms with Gasteiger partial charge in [-0.3, -0.25) is 38.4 Å². The topological polar surface area (TPSA) is 442 Å². The summed E-state index contributed by atoms with van der Waals surface area (Å²) in [6.07, 6.45) is -2.82. The number of nitrogens with two attached hydrogens (primary N) is 1. The normalized spacial score (nSPS) is 28.5. The van der Waals surface area contributed by atoms with Crippen molar-refractivity contribution in [1.29, 1.82) is 0 Å². The number of primary amides is 1. The number of aromatic hydroxyl groups is 3. The number of amides is 5. The highest BCUT2D eigenvalue weighted by atomic mass is 35.5. The number of rotatable bonds is 24. The lowest BCUT2D eigenvalue weighted by molar-refractivity contribution is -0.277. The Bertz CT molecular complexity index is 4360. The van der Waals surface area contributed by atoms with Crippen LogP contribution >= 0.6 is 23.2 Å². The molecule has 27 nitrogen and oxygen atoms in total. The molecule has 10 aliphatic rings. The van der Waals surface area contributed by atoms with Crippen LogP contribution in [0.25, 0.3) is 11.1 Å². The third-order valence-corrected chi connectivity index (χ3v) is 24.5. The molecule has 5 aromatic carbocycles. The van der Waals surface area contributed by atoms with Gasteiger partial charge < -0.3 is 97.2 Å². The number of hydrogen-bond acceptors (Lipinski definition) is 22. The highest BCUT2D eigenvalue weighted by Crippen LogP contribution is 2.59. The number of nitrogens with one attached hydrogen (secondary N) is 5. The number of unbranched alkanes of at least 4 members (excludes halogenated alkanes) is 7. The van der Waals surface area contributed by atoms with Crippen molar-refractivity contribution in [1.82, 2.24) is 26.6 Å². The van der Waals surface area contributed by atoms with Gasteiger partial charge in [-0.05, 0) is 176 Å². The highest BCUT2D eigenvalue weighted by Gasteiger charge is 2.51. The summed E-state index contributed by atoms with van der Waals surface area (Å²) in [5, 5.41) is 121. The Morgan fingerprint density at radius 1 is 0.646 bits per heavy atom. The van der Waals surface area contributed by atoms with E-state index < -0.39 is 192 Å². The fourth-order valence-corrected chi connectivity index (χ4v) is 18.5. The maximum Gasteiger partial charge on any atom is 0.246 e. The van der Waals surface area contributed by atoms with Crippen molar-refractivity contribution in [2.75, 3.05) is 13.2 Å². The van der Waals surface area contributed by atoms with E-state index in [1.54, 1.807) is 6.92 Å². The Kier molecular flexibility index (Phi) is 27.2. The zero-order valence-corrected chi connectivity index (χ0v) is 65.3. The molecule has 113 heavy (non-hydrogen) atoms. The van der Waals surface area contributed by atoms with Gasteiger partial charge in [0.05, 0.1) is 34.1 Å². The summed E-state index contributed by atoms with van der Waals surface area (Å²) in [4.78, 5) is 122. The molecule has 14 atom stereocenters. The van der Waals surface area contributed by atoms with Crippen LogP contribution in [0.4, 0.5) is 0 Å². The maximum atomic E-state index is 16.5. The number of aliphatic hydroxyl groups is 6. The van der Waals surface area contributed by atoms with Gasteiger partial charge in [0.1, 0.15) is 89.5 Å². The van der Waals surface area contributed by atoms with Crippen molar-refractivity contribution in [3.63, 3.8) is 0 Å². The van der Waals surface area contributed by atoms with Crippen LogP contribution < -0.4 is 46.5 Å². The van der Waals surface area contributed by atoms with E-state index in [0.717, 1.165) is 95.6 Å². The Morgan fingerprint density at radius 3 is 1.87 bits per heavy atom. The van der Waals surface area contributed by atoms with E-state index in [-0.39, 0.29) is 103 Å². The molecule has 4 saturated carbocycles. The number of ether oxygens (including phenoxy) is 4. The molecule has 4 aliphatic carbocycles. The van der Waals surface area contributed by atoms with Crippen LogP contribution in [0.5, 0.6) is 46.0 Å². The lowest BCUT2D eigenvalue weighted by Gasteiger charge is -2.54. The molecule has 1 saturated heterocycles. The fourth-order valence-electron chi connectivity index (χ4n) is 18.1. The number of carbonyl (C=O) groups excluding carboxylic acids is 8. The molecular formula is C84H104Cl2N6O21. The zero-order chi connectivity index (χ0) is 81.0. The molecule has 0 radical (unpaired) electrons. The van der Waals surface area contributed by atoms with Crippen LogP contribution in [0.3, 0.4) is 0 Å². The SMILES string of the molecule is CCCCCCCCCCNCc1c(O)cc2c(c1O)-c1cc(ccc1O)[C@H]1CC(=O)[C@@H]3NC(=O)[C@H](CC(N)=O)CC(=O)[C@H](NC(=O)[C@H](CC)CC(C)C)[C@H](O)c4ccc(c(Cl)c4)Oc4cc3cc(c4O[C@@H]3O[C@H](CO)[C@@H](O)[C@H](O)[C@H]3O)Oc3ccc(cc3Cl)[C@@H](O)[C@H](NC1=O)C(=O)N[C@@H]2C(=O)CC1C2CC3CC(C2)CC1C3. The van der Waals surface area contributed by atoms with Gasteiger partial charge >= 0.3 is 0 Å². The molecule has 610 valence electrons. The Hall–Kier alpha value is -8.48. The van der Waals surface area contributed by atoms with Crippen LogP contribution in [0.1, 0.15) is 213 Å². The lowest BCUT2D eigenvalue weighted by Crippen LogP contribution is -2.60. The summed E-state index contributed by atoms with van der Waals surface area (Å²) >= 11 is 14.3. The van der Waals surface area contributed by atoms with Crippen LogP contribution in [-0.2, 0) is 49.6 Å². The van der Waals surface area contributed by atoms with E-state index in [4.69, 9.17) is 47.9 Å². The number of Topliss-reactive ketones (excluding diaryl/α,β-unsaturated/α-hetero) is 3. The second-order valence-corrected chi connectivity index (χ2v) is 33.2. The van der Waals surface area contributed by atoms with Crippen LogP contribution in [0.2, 0.25) is 10.0 Å². The molecule has 0 unspecified atom stereocenters. The van der Waals surface area contributed by atoms with Gasteiger partial charge in [0, 0.05) is 49.3 Å². The van der Waals surface area contributed by atoms with Gasteiger partial charge in [0.2, 0.25) is 41.6 Å². The number of hydrogen-bond donors (Lipinski definition) is 15. The minimum absolute atomic E-state index is 0.00365. The van der Waals surface area contributed by atoms with Crippen molar-refractivity contribution in [3.05, 3.63) is 116 Å². The van der Waals surface area contributed by atoms with Crippen LogP contribution in [0, 0.1) is 47.3 Å². The minimum Gasteiger partial charge on any atom is -0.507 e. The first-order chi connectivity index (χ1) is 54.0. The quantitative estimate of drug-likeness (QED) is 0.0256. The zero-order valence-electron chi connectivity index (χ0n) is 63.8. The van der Waals surface area contributed by atoms with Crippen molar-refractivity contribution >= 4 is 70.1 Å². The monoisotopic (exact) mass is 1600 g/mol. The summed E-state index contributed by atoms with van der Waals surface area (Å²) < 4.78 is 25.5. The molecular weight excluding hydrogens is 1500 g/mol. The number of fused-ring (bicyclic) bond motifs is 15. The predicted octanol–water partition coefficient (Wildman–Crippen LogP) is 9.46. The van der Waals surface area contributed by atoms with Gasteiger partial charge in [0.25, 0.3) is 0 Å². The number of aliphatic hydroxyl groups excluding tert-OH is 6. The first-order valence-electron chi connectivity index (χ1n) is 39.7. The van der Waals surface area contributed by atoms with E-state index in [1.807, 2.05) is 13.8 Å². The van der Waals surface area contributed by atoms with Crippen molar-refractivity contribution < 1.29 is 103 Å². The second-order valence-electron chi connectivity index (χ2n) is 32.4. The van der Waals surface area contributed by atoms with Gasteiger partial charge in [-0.1, -0.05) is 114 Å². The average Bonchev–Trinajstić information content (AvgIpc) is 0.754. The molecule has 15 bridgehead atoms. The average molecular weight is 1600 g/mol. The first kappa shape index (κ1) is 83.9. The molecule has 5 aromatic rings. The molecule has 5 fully saturated rings. The third kappa shape index (κ3) is 18.8. The van der Waals surface area contributed by atoms with Gasteiger partial charge in [-0.25, -0.2) is 0 Å². The molecule has 6 heterocycles. The number of halogens is 2. The standard InChI is InChI=1S/C84H104Cl2N6O21/c1-5-7-8-9-10-11-12-13-20-88-37-54-58(95)36-53-68(75(54)102)52-27-43(14-17-57(52)94)51-35-60(97)69-48-31-64(110-62-18-15-44(28-55(62)85)73(100)71(91-80(106)42(6-2)21-39(3)4)59(96)30-49(33-67(87)99)81(107)89-69)79(113-84-78(105)77(104)76(103)66(38-93)112-84)65(32-48)111-63-19-16-45(29-56(63)86)74(101)72(92-82(51)108)83(109)90-70(53)61(98)34-50-46-23-40-22-41(25-46)26-47(50)24-40/h14-19,27-29,31-32,36,39-42,46-47,49-51,66,69-74,76-78,84,88,93-95,100-105H,5-13,20-26,30,33-35,37-38H2,1-4H3,(H2,87,99)(H,89,107)(H,90,109)(H,91,106)(H,92,108)/t40?,41?,42-,46?,47?,49+,50?,51-,66-,69-,70+,71+,72+,73-,74-,76-,77+,78-,84+/m1/s1. The van der Waals surface area contributed by atoms with E-state index in [2.05, 4.69) is 33.5 Å². The molecule has 5 amide bonds. The lowest BCUT2D eigenvalue weighted by atomic mass is 9.51. The second kappa shape index (κ2) is 36.6. The molecule has 0 spiro atoms. The number of benzene rings is 5. The number of carbonyl (C=O) groups is 8. The highest BCUT2D eigenvalue weighted by molar-refractivity contribution is 6.32. The van der Waals surface area contributed by atoms with E-state index in [0.29, 0.717) is 31.2 Å². The van der Waals surface area contributed by atoms with E-state index >= 15 is 28.8 Å².